The maximum atomic E-state index is 6.05. The van der Waals surface area contributed by atoms with Crippen LogP contribution >= 0.6 is 0 Å². The molecule has 4 aromatic carbocycles. The lowest BCUT2D eigenvalue weighted by Crippen LogP contribution is -1.96. The summed E-state index contributed by atoms with van der Waals surface area (Å²) in [5.41, 5.74) is 1.19. The van der Waals surface area contributed by atoms with E-state index in [4.69, 9.17) is 4.74 Å². The number of rotatable bonds is 3. The molecule has 0 heterocycles. The molecule has 106 valence electrons. The molecule has 0 aliphatic rings. The topological polar surface area (TPSA) is 9.23 Å². The summed E-state index contributed by atoms with van der Waals surface area (Å²) >= 11 is 0. The molecular weight excluding hydrogens is 268 g/mol. The second kappa shape index (κ2) is 5.53. The molecule has 0 spiro atoms. The molecule has 0 fully saturated rings. The lowest BCUT2D eigenvalue weighted by Gasteiger charge is -2.10. The fourth-order valence-corrected chi connectivity index (χ4v) is 2.81. The molecule has 1 nitrogen and oxygen atoms in total. The van der Waals surface area contributed by atoms with E-state index >= 15 is 0 Å². The van der Waals surface area contributed by atoms with Crippen LogP contribution in [0.25, 0.3) is 21.5 Å². The van der Waals surface area contributed by atoms with Crippen molar-refractivity contribution in [1.82, 2.24) is 0 Å². The largest absolute Gasteiger partial charge is 0.488 e. The van der Waals surface area contributed by atoms with Gasteiger partial charge in [0, 0.05) is 5.39 Å². The summed E-state index contributed by atoms with van der Waals surface area (Å²) < 4.78 is 6.05. The molecule has 0 N–H and O–H groups in total. The number of fused-ring (bicyclic) bond motifs is 2. The van der Waals surface area contributed by atoms with Crippen LogP contribution in [0.4, 0.5) is 0 Å². The molecule has 0 saturated heterocycles. The summed E-state index contributed by atoms with van der Waals surface area (Å²) in [5, 5.41) is 4.88. The summed E-state index contributed by atoms with van der Waals surface area (Å²) in [4.78, 5) is 0. The highest BCUT2D eigenvalue weighted by Crippen LogP contribution is 2.26. The average Bonchev–Trinajstić information content (AvgIpc) is 2.60. The fraction of sp³-hybridized carbons (Fsp3) is 0.0476. The summed E-state index contributed by atoms with van der Waals surface area (Å²) in [6.07, 6.45) is 0. The van der Waals surface area contributed by atoms with E-state index in [2.05, 4.69) is 66.7 Å². The highest BCUT2D eigenvalue weighted by Gasteiger charge is 2.02. The van der Waals surface area contributed by atoms with Gasteiger partial charge in [-0.05, 0) is 33.9 Å². The predicted octanol–water partition coefficient (Wildman–Crippen LogP) is 5.57. The van der Waals surface area contributed by atoms with Gasteiger partial charge >= 0.3 is 0 Å². The Labute approximate surface area is 129 Å². The smallest absolute Gasteiger partial charge is 0.127 e. The van der Waals surface area contributed by atoms with Crippen LogP contribution in [0.3, 0.4) is 0 Å². The van der Waals surface area contributed by atoms with Crippen molar-refractivity contribution in [2.24, 2.45) is 0 Å². The third-order valence-electron chi connectivity index (χ3n) is 3.96. The van der Waals surface area contributed by atoms with Gasteiger partial charge in [0.05, 0.1) is 0 Å². The Balaban J connectivity index is 1.63. The first-order chi connectivity index (χ1) is 10.9. The van der Waals surface area contributed by atoms with E-state index in [1.165, 1.54) is 21.7 Å². The molecule has 4 rings (SSSR count). The number of ether oxygens (including phenoxy) is 1. The van der Waals surface area contributed by atoms with Crippen LogP contribution in [0.1, 0.15) is 5.56 Å². The van der Waals surface area contributed by atoms with Crippen LogP contribution in [0.2, 0.25) is 0 Å². The quantitative estimate of drug-likeness (QED) is 0.477. The van der Waals surface area contributed by atoms with Gasteiger partial charge in [-0.1, -0.05) is 72.8 Å². The van der Waals surface area contributed by atoms with Crippen molar-refractivity contribution in [3.05, 3.63) is 90.5 Å². The van der Waals surface area contributed by atoms with Gasteiger partial charge in [0.15, 0.2) is 0 Å². The van der Waals surface area contributed by atoms with Gasteiger partial charge in [0.1, 0.15) is 12.4 Å². The molecule has 0 aromatic heterocycles. The standard InChI is InChI=1S/C21H16O/c1-2-8-19-14-16(12-13-17(19)6-1)15-22-21-11-5-9-18-7-3-4-10-20(18)21/h1-14H,15H2. The zero-order valence-electron chi connectivity index (χ0n) is 12.2. The maximum Gasteiger partial charge on any atom is 0.127 e. The fourth-order valence-electron chi connectivity index (χ4n) is 2.81. The Morgan fingerprint density at radius 3 is 2.23 bits per heavy atom. The van der Waals surface area contributed by atoms with Crippen LogP contribution in [-0.2, 0) is 6.61 Å². The summed E-state index contributed by atoms with van der Waals surface area (Å²) in [5.74, 6) is 0.936. The number of benzene rings is 4. The van der Waals surface area contributed by atoms with E-state index in [0.717, 1.165) is 11.1 Å². The highest BCUT2D eigenvalue weighted by atomic mass is 16.5. The molecule has 22 heavy (non-hydrogen) atoms. The van der Waals surface area contributed by atoms with Crippen molar-refractivity contribution in [2.45, 2.75) is 6.61 Å². The van der Waals surface area contributed by atoms with E-state index < -0.39 is 0 Å². The van der Waals surface area contributed by atoms with Crippen LogP contribution in [0.5, 0.6) is 5.75 Å². The zero-order chi connectivity index (χ0) is 14.8. The molecule has 0 aliphatic carbocycles. The maximum absolute atomic E-state index is 6.05. The Morgan fingerprint density at radius 1 is 0.591 bits per heavy atom. The molecule has 0 aliphatic heterocycles. The minimum atomic E-state index is 0.582. The van der Waals surface area contributed by atoms with E-state index in [-0.39, 0.29) is 0 Å². The summed E-state index contributed by atoms with van der Waals surface area (Å²) in [6.45, 7) is 0.582. The van der Waals surface area contributed by atoms with Gasteiger partial charge < -0.3 is 4.74 Å². The Kier molecular flexibility index (Phi) is 3.24. The first-order valence-electron chi connectivity index (χ1n) is 7.48. The van der Waals surface area contributed by atoms with E-state index in [9.17, 15) is 0 Å². The van der Waals surface area contributed by atoms with Crippen LogP contribution in [0, 0.1) is 0 Å². The number of hydrogen-bond acceptors (Lipinski definition) is 1. The van der Waals surface area contributed by atoms with Gasteiger partial charge in [-0.3, -0.25) is 0 Å². The third-order valence-corrected chi connectivity index (χ3v) is 3.96. The average molecular weight is 284 g/mol. The molecule has 1 heteroatoms. The van der Waals surface area contributed by atoms with Crippen molar-refractivity contribution < 1.29 is 4.74 Å². The normalized spacial score (nSPS) is 10.9. The van der Waals surface area contributed by atoms with Gasteiger partial charge in [-0.15, -0.1) is 0 Å². The van der Waals surface area contributed by atoms with Crippen molar-refractivity contribution in [1.29, 1.82) is 0 Å². The molecule has 0 bridgehead atoms. The van der Waals surface area contributed by atoms with Crippen LogP contribution < -0.4 is 4.74 Å². The SMILES string of the molecule is c1ccc2cc(COc3cccc4ccccc34)ccc2c1. The summed E-state index contributed by atoms with van der Waals surface area (Å²) in [7, 11) is 0. The van der Waals surface area contributed by atoms with Crippen molar-refractivity contribution >= 4 is 21.5 Å². The summed E-state index contributed by atoms with van der Waals surface area (Å²) in [6, 6.07) is 29.4. The monoisotopic (exact) mass is 284 g/mol. The minimum absolute atomic E-state index is 0.582. The van der Waals surface area contributed by atoms with Crippen LogP contribution in [-0.4, -0.2) is 0 Å². The zero-order valence-corrected chi connectivity index (χ0v) is 12.2. The lowest BCUT2D eigenvalue weighted by atomic mass is 10.1. The second-order valence-electron chi connectivity index (χ2n) is 5.45. The van der Waals surface area contributed by atoms with Crippen molar-refractivity contribution in [3.8, 4) is 5.75 Å². The first kappa shape index (κ1) is 12.9. The molecule has 0 unspecified atom stereocenters. The first-order valence-corrected chi connectivity index (χ1v) is 7.48. The van der Waals surface area contributed by atoms with E-state index in [1.807, 2.05) is 18.2 Å². The van der Waals surface area contributed by atoms with Gasteiger partial charge in [-0.25, -0.2) is 0 Å². The highest BCUT2D eigenvalue weighted by molar-refractivity contribution is 5.88. The molecule has 0 amide bonds. The Morgan fingerprint density at radius 2 is 1.32 bits per heavy atom. The van der Waals surface area contributed by atoms with Gasteiger partial charge in [0.2, 0.25) is 0 Å². The van der Waals surface area contributed by atoms with Crippen LogP contribution in [0.15, 0.2) is 84.9 Å². The molecule has 4 aromatic rings. The molecule has 0 radical (unpaired) electrons. The Bertz CT molecular complexity index is 935. The Hall–Kier alpha value is -2.80. The van der Waals surface area contributed by atoms with Gasteiger partial charge in [-0.2, -0.15) is 0 Å². The minimum Gasteiger partial charge on any atom is -0.488 e. The molecule has 0 atom stereocenters. The van der Waals surface area contributed by atoms with E-state index in [1.54, 1.807) is 0 Å². The predicted molar refractivity (Wildman–Crippen MR) is 92.2 cm³/mol. The van der Waals surface area contributed by atoms with Crippen molar-refractivity contribution in [2.75, 3.05) is 0 Å². The van der Waals surface area contributed by atoms with E-state index in [0.29, 0.717) is 6.61 Å². The second-order valence-corrected chi connectivity index (χ2v) is 5.45. The van der Waals surface area contributed by atoms with Gasteiger partial charge in [0.25, 0.3) is 0 Å². The lowest BCUT2D eigenvalue weighted by molar-refractivity contribution is 0.310. The van der Waals surface area contributed by atoms with Crippen molar-refractivity contribution in [3.63, 3.8) is 0 Å². The third kappa shape index (κ3) is 2.42. The molecular formula is C21H16O. The molecule has 0 saturated carbocycles. The number of hydrogen-bond donors (Lipinski definition) is 0.